The molecule has 1 N–H and O–H groups in total. The standard InChI is InChI=1S/C26H28N2O2/c29-26(19-21-11-13-23(14-12-21)22-7-3-1-4-8-22)27-20-25(24-9-5-2-6-10-24)28-15-17-30-18-16-28/h1-14,25H,15-20H2,(H,27,29). The number of hydrogen-bond acceptors (Lipinski definition) is 3. The Labute approximate surface area is 178 Å². The fraction of sp³-hybridized carbons (Fsp3) is 0.269. The second-order valence-electron chi connectivity index (χ2n) is 7.62. The van der Waals surface area contributed by atoms with Crippen LogP contribution in [0.2, 0.25) is 0 Å². The van der Waals surface area contributed by atoms with E-state index < -0.39 is 0 Å². The fourth-order valence-corrected chi connectivity index (χ4v) is 3.93. The summed E-state index contributed by atoms with van der Waals surface area (Å²) in [6.45, 7) is 3.85. The number of nitrogens with one attached hydrogen (secondary N) is 1. The van der Waals surface area contributed by atoms with E-state index in [-0.39, 0.29) is 11.9 Å². The van der Waals surface area contributed by atoms with Crippen LogP contribution in [-0.2, 0) is 16.0 Å². The number of nitrogens with zero attached hydrogens (tertiary/aromatic N) is 1. The van der Waals surface area contributed by atoms with Gasteiger partial charge in [0.25, 0.3) is 0 Å². The van der Waals surface area contributed by atoms with Gasteiger partial charge in [0, 0.05) is 19.6 Å². The molecular weight excluding hydrogens is 372 g/mol. The van der Waals surface area contributed by atoms with E-state index in [9.17, 15) is 4.79 Å². The number of rotatable bonds is 7. The topological polar surface area (TPSA) is 41.6 Å². The number of ether oxygens (including phenoxy) is 1. The average molecular weight is 401 g/mol. The van der Waals surface area contributed by atoms with Crippen molar-refractivity contribution in [2.24, 2.45) is 0 Å². The molecule has 154 valence electrons. The van der Waals surface area contributed by atoms with Gasteiger partial charge in [-0.1, -0.05) is 84.9 Å². The summed E-state index contributed by atoms with van der Waals surface area (Å²) in [4.78, 5) is 15.0. The summed E-state index contributed by atoms with van der Waals surface area (Å²) in [5, 5.41) is 3.15. The zero-order chi connectivity index (χ0) is 20.6. The van der Waals surface area contributed by atoms with Gasteiger partial charge in [-0.25, -0.2) is 0 Å². The third kappa shape index (κ3) is 5.35. The zero-order valence-electron chi connectivity index (χ0n) is 17.2. The summed E-state index contributed by atoms with van der Waals surface area (Å²) < 4.78 is 5.50. The molecule has 1 saturated heterocycles. The fourth-order valence-electron chi connectivity index (χ4n) is 3.93. The Hall–Kier alpha value is -2.95. The first-order chi connectivity index (χ1) is 14.8. The summed E-state index contributed by atoms with van der Waals surface area (Å²) in [5.41, 5.74) is 4.60. The van der Waals surface area contributed by atoms with Gasteiger partial charge in [0.2, 0.25) is 5.91 Å². The van der Waals surface area contributed by atoms with Crippen molar-refractivity contribution in [2.75, 3.05) is 32.8 Å². The van der Waals surface area contributed by atoms with Crippen LogP contribution in [0.25, 0.3) is 11.1 Å². The van der Waals surface area contributed by atoms with Gasteiger partial charge in [0.05, 0.1) is 25.7 Å². The molecule has 0 spiro atoms. The van der Waals surface area contributed by atoms with Gasteiger partial charge in [0.15, 0.2) is 0 Å². The lowest BCUT2D eigenvalue weighted by Gasteiger charge is -2.35. The third-order valence-corrected chi connectivity index (χ3v) is 5.59. The highest BCUT2D eigenvalue weighted by Crippen LogP contribution is 2.22. The highest BCUT2D eigenvalue weighted by Gasteiger charge is 2.23. The Morgan fingerprint density at radius 2 is 1.43 bits per heavy atom. The molecule has 3 aromatic carbocycles. The van der Waals surface area contributed by atoms with E-state index in [1.165, 1.54) is 11.1 Å². The summed E-state index contributed by atoms with van der Waals surface area (Å²) in [6.07, 6.45) is 0.389. The molecule has 0 radical (unpaired) electrons. The van der Waals surface area contributed by atoms with Crippen LogP contribution in [0.15, 0.2) is 84.9 Å². The highest BCUT2D eigenvalue weighted by molar-refractivity contribution is 5.79. The highest BCUT2D eigenvalue weighted by atomic mass is 16.5. The van der Waals surface area contributed by atoms with E-state index in [4.69, 9.17) is 4.74 Å². The molecule has 4 nitrogen and oxygen atoms in total. The van der Waals surface area contributed by atoms with Crippen LogP contribution in [0, 0.1) is 0 Å². The van der Waals surface area contributed by atoms with Crippen LogP contribution in [0.5, 0.6) is 0 Å². The summed E-state index contributed by atoms with van der Waals surface area (Å²) >= 11 is 0. The van der Waals surface area contributed by atoms with Gasteiger partial charge in [-0.3, -0.25) is 9.69 Å². The van der Waals surface area contributed by atoms with Gasteiger partial charge in [0.1, 0.15) is 0 Å². The molecule has 1 aliphatic heterocycles. The van der Waals surface area contributed by atoms with Gasteiger partial charge >= 0.3 is 0 Å². The van der Waals surface area contributed by atoms with E-state index >= 15 is 0 Å². The van der Waals surface area contributed by atoms with Crippen molar-refractivity contribution in [1.82, 2.24) is 10.2 Å². The maximum absolute atomic E-state index is 12.6. The smallest absolute Gasteiger partial charge is 0.224 e. The molecule has 0 aliphatic carbocycles. The maximum Gasteiger partial charge on any atom is 0.224 e. The van der Waals surface area contributed by atoms with Crippen LogP contribution in [0.1, 0.15) is 17.2 Å². The predicted molar refractivity (Wildman–Crippen MR) is 120 cm³/mol. The van der Waals surface area contributed by atoms with Crippen LogP contribution >= 0.6 is 0 Å². The number of hydrogen-bond donors (Lipinski definition) is 1. The van der Waals surface area contributed by atoms with Crippen molar-refractivity contribution in [3.05, 3.63) is 96.1 Å². The van der Waals surface area contributed by atoms with E-state index in [1.54, 1.807) is 0 Å². The Morgan fingerprint density at radius 1 is 0.833 bits per heavy atom. The van der Waals surface area contributed by atoms with Crippen molar-refractivity contribution in [3.8, 4) is 11.1 Å². The van der Waals surface area contributed by atoms with Gasteiger partial charge in [-0.2, -0.15) is 0 Å². The molecule has 0 aromatic heterocycles. The molecule has 1 aliphatic rings. The molecular formula is C26H28N2O2. The van der Waals surface area contributed by atoms with Gasteiger partial charge < -0.3 is 10.1 Å². The van der Waals surface area contributed by atoms with Crippen LogP contribution in [0.4, 0.5) is 0 Å². The van der Waals surface area contributed by atoms with E-state index in [1.807, 2.05) is 36.4 Å². The number of carbonyl (C=O) groups excluding carboxylic acids is 1. The average Bonchev–Trinajstić information content (AvgIpc) is 2.82. The second-order valence-corrected chi connectivity index (χ2v) is 7.62. The zero-order valence-corrected chi connectivity index (χ0v) is 17.2. The lowest BCUT2D eigenvalue weighted by Crippen LogP contribution is -2.44. The molecule has 1 fully saturated rings. The molecule has 4 rings (SSSR count). The lowest BCUT2D eigenvalue weighted by atomic mass is 10.0. The molecule has 4 heteroatoms. The normalized spacial score (nSPS) is 15.5. The first kappa shape index (κ1) is 20.3. The molecule has 1 amide bonds. The Kier molecular flexibility index (Phi) is 6.91. The Balaban J connectivity index is 1.36. The van der Waals surface area contributed by atoms with Crippen molar-refractivity contribution in [2.45, 2.75) is 12.5 Å². The van der Waals surface area contributed by atoms with Gasteiger partial charge in [-0.05, 0) is 22.3 Å². The minimum absolute atomic E-state index is 0.0525. The SMILES string of the molecule is O=C(Cc1ccc(-c2ccccc2)cc1)NCC(c1ccccc1)N1CCOCC1. The molecule has 0 saturated carbocycles. The van der Waals surface area contributed by atoms with E-state index in [2.05, 4.69) is 58.7 Å². The first-order valence-corrected chi connectivity index (χ1v) is 10.6. The minimum atomic E-state index is 0.0525. The third-order valence-electron chi connectivity index (χ3n) is 5.59. The van der Waals surface area contributed by atoms with Crippen LogP contribution < -0.4 is 5.32 Å². The summed E-state index contributed by atoms with van der Waals surface area (Å²) in [5.74, 6) is 0.0525. The number of morpholine rings is 1. The van der Waals surface area contributed by atoms with Crippen LogP contribution in [0.3, 0.4) is 0 Å². The Bertz CT molecular complexity index is 920. The summed E-state index contributed by atoms with van der Waals surface area (Å²) in [7, 11) is 0. The van der Waals surface area contributed by atoms with Crippen molar-refractivity contribution in [1.29, 1.82) is 0 Å². The van der Waals surface area contributed by atoms with Crippen molar-refractivity contribution >= 4 is 5.91 Å². The lowest BCUT2D eigenvalue weighted by molar-refractivity contribution is -0.120. The summed E-state index contributed by atoms with van der Waals surface area (Å²) in [6, 6.07) is 29.1. The van der Waals surface area contributed by atoms with Gasteiger partial charge in [-0.15, -0.1) is 0 Å². The number of amides is 1. The number of benzene rings is 3. The Morgan fingerprint density at radius 3 is 2.10 bits per heavy atom. The van der Waals surface area contributed by atoms with Crippen LogP contribution in [-0.4, -0.2) is 43.7 Å². The van der Waals surface area contributed by atoms with E-state index in [0.29, 0.717) is 13.0 Å². The molecule has 1 atom stereocenters. The van der Waals surface area contributed by atoms with E-state index in [0.717, 1.165) is 37.4 Å². The predicted octanol–water partition coefficient (Wildman–Crippen LogP) is 4.09. The largest absolute Gasteiger partial charge is 0.379 e. The number of carbonyl (C=O) groups is 1. The molecule has 1 unspecified atom stereocenters. The molecule has 1 heterocycles. The van der Waals surface area contributed by atoms with Crippen molar-refractivity contribution < 1.29 is 9.53 Å². The first-order valence-electron chi connectivity index (χ1n) is 10.6. The quantitative estimate of drug-likeness (QED) is 0.650. The molecule has 0 bridgehead atoms. The monoisotopic (exact) mass is 400 g/mol. The van der Waals surface area contributed by atoms with Crippen molar-refractivity contribution in [3.63, 3.8) is 0 Å². The molecule has 3 aromatic rings. The maximum atomic E-state index is 12.6. The molecule has 30 heavy (non-hydrogen) atoms. The second kappa shape index (κ2) is 10.2. The minimum Gasteiger partial charge on any atom is -0.379 e.